The third-order valence-electron chi connectivity index (χ3n) is 4.72. The number of anilines is 1. The van der Waals surface area contributed by atoms with Crippen molar-refractivity contribution in [1.29, 1.82) is 0 Å². The Balaban J connectivity index is 1.91. The third-order valence-corrected chi connectivity index (χ3v) is 6.80. The fourth-order valence-corrected chi connectivity index (χ4v) is 4.65. The van der Waals surface area contributed by atoms with Gasteiger partial charge in [-0.1, -0.05) is 41.9 Å². The minimum absolute atomic E-state index is 0.0465. The van der Waals surface area contributed by atoms with Crippen LogP contribution in [0.15, 0.2) is 71.6 Å². The highest BCUT2D eigenvalue weighted by atomic mass is 35.5. The lowest BCUT2D eigenvalue weighted by Gasteiger charge is -2.22. The van der Waals surface area contributed by atoms with Gasteiger partial charge in [0.1, 0.15) is 5.82 Å². The highest BCUT2D eigenvalue weighted by molar-refractivity contribution is 7.89. The zero-order valence-electron chi connectivity index (χ0n) is 17.9. The van der Waals surface area contributed by atoms with E-state index in [1.54, 1.807) is 24.3 Å². The molecule has 3 aromatic carbocycles. The topological polar surface area (TPSA) is 84.9 Å². The molecule has 0 atom stereocenters. The van der Waals surface area contributed by atoms with E-state index < -0.39 is 28.3 Å². The Labute approximate surface area is 196 Å². The molecular formula is C23H22ClFN2O5S. The maximum absolute atomic E-state index is 13.5. The van der Waals surface area contributed by atoms with Crippen LogP contribution in [0.3, 0.4) is 0 Å². The molecule has 0 saturated carbocycles. The summed E-state index contributed by atoms with van der Waals surface area (Å²) in [6.07, 6.45) is 0. The molecule has 174 valence electrons. The predicted molar refractivity (Wildman–Crippen MR) is 124 cm³/mol. The fraction of sp³-hybridized carbons (Fsp3) is 0.174. The molecule has 0 aromatic heterocycles. The minimum atomic E-state index is -4.11. The largest absolute Gasteiger partial charge is 0.493 e. The first-order valence-corrected chi connectivity index (χ1v) is 11.6. The molecule has 0 aliphatic heterocycles. The second-order valence-electron chi connectivity index (χ2n) is 6.95. The zero-order chi connectivity index (χ0) is 24.0. The van der Waals surface area contributed by atoms with Gasteiger partial charge in [-0.3, -0.25) is 4.79 Å². The Bertz CT molecular complexity index is 1240. The Morgan fingerprint density at radius 3 is 2.33 bits per heavy atom. The molecule has 0 fully saturated rings. The molecule has 0 aliphatic rings. The van der Waals surface area contributed by atoms with Crippen molar-refractivity contribution in [1.82, 2.24) is 4.31 Å². The van der Waals surface area contributed by atoms with Gasteiger partial charge in [-0.05, 0) is 35.9 Å². The first kappa shape index (κ1) is 24.5. The SMILES string of the molecule is COc1ccc(S(=O)(=O)N(CC(=O)Nc2ccc(F)c(Cl)c2)Cc2ccccc2)cc1OC. The lowest BCUT2D eigenvalue weighted by molar-refractivity contribution is -0.116. The van der Waals surface area contributed by atoms with E-state index in [0.717, 1.165) is 10.4 Å². The zero-order valence-corrected chi connectivity index (χ0v) is 19.5. The van der Waals surface area contributed by atoms with Gasteiger partial charge in [-0.25, -0.2) is 12.8 Å². The standard InChI is InChI=1S/C23H22ClFN2O5S/c1-31-21-11-9-18(13-22(21)32-2)33(29,30)27(14-16-6-4-3-5-7-16)15-23(28)26-17-8-10-20(25)19(24)12-17/h3-13H,14-15H2,1-2H3,(H,26,28). The monoisotopic (exact) mass is 492 g/mol. The van der Waals surface area contributed by atoms with E-state index in [2.05, 4.69) is 5.32 Å². The van der Waals surface area contributed by atoms with Gasteiger partial charge < -0.3 is 14.8 Å². The van der Waals surface area contributed by atoms with Gasteiger partial charge in [0, 0.05) is 18.3 Å². The number of ether oxygens (including phenoxy) is 2. The van der Waals surface area contributed by atoms with Gasteiger partial charge in [0.25, 0.3) is 0 Å². The van der Waals surface area contributed by atoms with Gasteiger partial charge >= 0.3 is 0 Å². The molecule has 3 rings (SSSR count). The number of rotatable bonds is 9. The molecule has 10 heteroatoms. The molecule has 0 radical (unpaired) electrons. The van der Waals surface area contributed by atoms with Crippen LogP contribution in [-0.2, 0) is 21.4 Å². The summed E-state index contributed by atoms with van der Waals surface area (Å²) in [6.45, 7) is -0.532. The molecule has 33 heavy (non-hydrogen) atoms. The number of methoxy groups -OCH3 is 2. The first-order chi connectivity index (χ1) is 15.7. The molecule has 0 spiro atoms. The summed E-state index contributed by atoms with van der Waals surface area (Å²) in [7, 11) is -1.26. The van der Waals surface area contributed by atoms with E-state index in [1.165, 1.54) is 44.6 Å². The highest BCUT2D eigenvalue weighted by Crippen LogP contribution is 2.31. The molecule has 0 saturated heterocycles. The van der Waals surface area contributed by atoms with Crippen LogP contribution in [0, 0.1) is 5.82 Å². The van der Waals surface area contributed by atoms with Crippen LogP contribution in [0.5, 0.6) is 11.5 Å². The second-order valence-corrected chi connectivity index (χ2v) is 9.30. The third kappa shape index (κ3) is 6.01. The lowest BCUT2D eigenvalue weighted by Crippen LogP contribution is -2.37. The van der Waals surface area contributed by atoms with Crippen LogP contribution in [0.1, 0.15) is 5.56 Å². The highest BCUT2D eigenvalue weighted by Gasteiger charge is 2.28. The number of nitrogens with zero attached hydrogens (tertiary/aromatic N) is 1. The fourth-order valence-electron chi connectivity index (χ4n) is 3.07. The number of amides is 1. The van der Waals surface area contributed by atoms with Gasteiger partial charge in [0.15, 0.2) is 11.5 Å². The van der Waals surface area contributed by atoms with Gasteiger partial charge in [0.05, 0.1) is 30.7 Å². The van der Waals surface area contributed by atoms with Crippen molar-refractivity contribution < 1.29 is 27.1 Å². The van der Waals surface area contributed by atoms with Crippen LogP contribution in [0.25, 0.3) is 0 Å². The summed E-state index contributed by atoms with van der Waals surface area (Å²) in [5, 5.41) is 2.39. The van der Waals surface area contributed by atoms with Crippen molar-refractivity contribution in [3.8, 4) is 11.5 Å². The molecule has 1 amide bonds. The van der Waals surface area contributed by atoms with Crippen LogP contribution in [0.2, 0.25) is 5.02 Å². The van der Waals surface area contributed by atoms with Crippen molar-refractivity contribution in [2.75, 3.05) is 26.1 Å². The number of sulfonamides is 1. The van der Waals surface area contributed by atoms with E-state index >= 15 is 0 Å². The molecular weight excluding hydrogens is 471 g/mol. The number of hydrogen-bond acceptors (Lipinski definition) is 5. The Kier molecular flexibility index (Phi) is 7.91. The molecule has 0 aliphatic carbocycles. The summed E-state index contributed by atoms with van der Waals surface area (Å²) in [4.78, 5) is 12.7. The van der Waals surface area contributed by atoms with E-state index in [0.29, 0.717) is 11.3 Å². The van der Waals surface area contributed by atoms with Crippen molar-refractivity contribution in [3.63, 3.8) is 0 Å². The number of carbonyl (C=O) groups excluding carboxylic acids is 1. The average molecular weight is 493 g/mol. The summed E-state index contributed by atoms with van der Waals surface area (Å²) in [6, 6.07) is 16.8. The number of carbonyl (C=O) groups is 1. The van der Waals surface area contributed by atoms with E-state index in [1.807, 2.05) is 6.07 Å². The summed E-state index contributed by atoms with van der Waals surface area (Å²) in [5.74, 6) is -0.630. The average Bonchev–Trinajstić information content (AvgIpc) is 2.81. The molecule has 1 N–H and O–H groups in total. The molecule has 3 aromatic rings. The lowest BCUT2D eigenvalue weighted by atomic mass is 10.2. The van der Waals surface area contributed by atoms with E-state index in [9.17, 15) is 17.6 Å². The van der Waals surface area contributed by atoms with Crippen LogP contribution < -0.4 is 14.8 Å². The Hall–Kier alpha value is -3.14. The van der Waals surface area contributed by atoms with Gasteiger partial charge in [0.2, 0.25) is 15.9 Å². The first-order valence-electron chi connectivity index (χ1n) is 9.75. The minimum Gasteiger partial charge on any atom is -0.493 e. The number of nitrogens with one attached hydrogen (secondary N) is 1. The quantitative estimate of drug-likeness (QED) is 0.480. The maximum Gasteiger partial charge on any atom is 0.243 e. The summed E-state index contributed by atoms with van der Waals surface area (Å²) in [5.41, 5.74) is 0.939. The molecule has 0 bridgehead atoms. The predicted octanol–water partition coefficient (Wildman–Crippen LogP) is 4.33. The van der Waals surface area contributed by atoms with Crippen LogP contribution in [0.4, 0.5) is 10.1 Å². The number of hydrogen-bond donors (Lipinski definition) is 1. The Morgan fingerprint density at radius 2 is 1.70 bits per heavy atom. The van der Waals surface area contributed by atoms with Crippen molar-refractivity contribution in [3.05, 3.63) is 83.1 Å². The number of halogens is 2. The van der Waals surface area contributed by atoms with Crippen LogP contribution in [-0.4, -0.2) is 39.4 Å². The van der Waals surface area contributed by atoms with Gasteiger partial charge in [-0.15, -0.1) is 0 Å². The molecule has 0 heterocycles. The van der Waals surface area contributed by atoms with E-state index in [-0.39, 0.29) is 27.9 Å². The normalized spacial score (nSPS) is 11.3. The number of benzene rings is 3. The van der Waals surface area contributed by atoms with Crippen molar-refractivity contribution in [2.45, 2.75) is 11.4 Å². The summed E-state index contributed by atoms with van der Waals surface area (Å²) >= 11 is 5.76. The van der Waals surface area contributed by atoms with Gasteiger partial charge in [-0.2, -0.15) is 4.31 Å². The Morgan fingerprint density at radius 1 is 1.00 bits per heavy atom. The van der Waals surface area contributed by atoms with E-state index in [4.69, 9.17) is 21.1 Å². The molecule has 7 nitrogen and oxygen atoms in total. The smallest absolute Gasteiger partial charge is 0.243 e. The summed E-state index contributed by atoms with van der Waals surface area (Å²) < 4.78 is 51.8. The maximum atomic E-state index is 13.5. The molecule has 0 unspecified atom stereocenters. The van der Waals surface area contributed by atoms with Crippen molar-refractivity contribution in [2.24, 2.45) is 0 Å². The second kappa shape index (κ2) is 10.7. The van der Waals surface area contributed by atoms with Crippen molar-refractivity contribution >= 4 is 33.2 Å². The van der Waals surface area contributed by atoms with Crippen LogP contribution >= 0.6 is 11.6 Å².